The summed E-state index contributed by atoms with van der Waals surface area (Å²) in [6, 6.07) is 7.58. The van der Waals surface area contributed by atoms with Crippen molar-refractivity contribution in [3.05, 3.63) is 45.8 Å². The zero-order valence-electron chi connectivity index (χ0n) is 13.3. The number of halogens is 1. The van der Waals surface area contributed by atoms with Crippen molar-refractivity contribution in [2.45, 2.75) is 39.2 Å². The maximum Gasteiger partial charge on any atom is 0.322 e. The molecule has 122 valence electrons. The molecule has 1 aliphatic rings. The smallest absolute Gasteiger partial charge is 0.322 e. The summed E-state index contributed by atoms with van der Waals surface area (Å²) in [5.41, 5.74) is 2.74. The second-order valence-corrected chi connectivity index (χ2v) is 6.57. The second kappa shape index (κ2) is 6.74. The third kappa shape index (κ3) is 3.13. The number of benzene rings is 1. The van der Waals surface area contributed by atoms with Crippen molar-refractivity contribution in [2.75, 3.05) is 11.9 Å². The van der Waals surface area contributed by atoms with Crippen LogP contribution in [0.2, 0.25) is 0 Å². The Morgan fingerprint density at radius 2 is 2.26 bits per heavy atom. The van der Waals surface area contributed by atoms with Gasteiger partial charge in [-0.05, 0) is 47.8 Å². The van der Waals surface area contributed by atoms with E-state index in [4.69, 9.17) is 4.52 Å². The Kier molecular flexibility index (Phi) is 4.71. The lowest BCUT2D eigenvalue weighted by Crippen LogP contribution is -2.35. The van der Waals surface area contributed by atoms with Gasteiger partial charge in [-0.15, -0.1) is 0 Å². The maximum atomic E-state index is 12.7. The molecule has 0 bridgehead atoms. The fourth-order valence-electron chi connectivity index (χ4n) is 3.17. The molecule has 0 aliphatic carbocycles. The van der Waals surface area contributed by atoms with Crippen molar-refractivity contribution in [1.82, 2.24) is 10.1 Å². The molecule has 1 saturated heterocycles. The molecule has 3 rings (SSSR count). The van der Waals surface area contributed by atoms with E-state index < -0.39 is 0 Å². The van der Waals surface area contributed by atoms with E-state index in [0.717, 1.165) is 53.0 Å². The van der Waals surface area contributed by atoms with Gasteiger partial charge in [0.25, 0.3) is 0 Å². The normalized spacial score (nSPS) is 17.5. The van der Waals surface area contributed by atoms with Gasteiger partial charge >= 0.3 is 6.03 Å². The van der Waals surface area contributed by atoms with Gasteiger partial charge < -0.3 is 14.7 Å². The number of nitrogens with zero attached hydrogens (tertiary/aromatic N) is 2. The molecule has 1 aromatic carbocycles. The van der Waals surface area contributed by atoms with Gasteiger partial charge in [-0.25, -0.2) is 4.79 Å². The van der Waals surface area contributed by atoms with Crippen LogP contribution in [-0.4, -0.2) is 22.6 Å². The van der Waals surface area contributed by atoms with Crippen LogP contribution in [0.25, 0.3) is 0 Å². The lowest BCUT2D eigenvalue weighted by atomic mass is 10.0. The van der Waals surface area contributed by atoms with Crippen LogP contribution in [0.4, 0.5) is 10.5 Å². The predicted octanol–water partition coefficient (Wildman–Crippen LogP) is 4.68. The monoisotopic (exact) mass is 377 g/mol. The average Bonchev–Trinajstić information content (AvgIpc) is 3.15. The third-order valence-electron chi connectivity index (χ3n) is 4.27. The van der Waals surface area contributed by atoms with Crippen LogP contribution in [0.3, 0.4) is 0 Å². The highest BCUT2D eigenvalue weighted by Crippen LogP contribution is 2.36. The Balaban J connectivity index is 1.83. The number of rotatable bonds is 3. The molecular weight excluding hydrogens is 358 g/mol. The lowest BCUT2D eigenvalue weighted by molar-refractivity contribution is 0.206. The molecule has 0 spiro atoms. The Morgan fingerprint density at radius 1 is 1.48 bits per heavy atom. The third-order valence-corrected chi connectivity index (χ3v) is 4.96. The van der Waals surface area contributed by atoms with Crippen LogP contribution in [0, 0.1) is 6.92 Å². The molecule has 5 nitrogen and oxygen atoms in total. The maximum absolute atomic E-state index is 12.7. The van der Waals surface area contributed by atoms with Crippen LogP contribution < -0.4 is 5.32 Å². The van der Waals surface area contributed by atoms with E-state index in [-0.39, 0.29) is 12.1 Å². The van der Waals surface area contributed by atoms with Crippen molar-refractivity contribution < 1.29 is 9.32 Å². The number of carbonyl (C=O) groups is 1. The molecule has 23 heavy (non-hydrogen) atoms. The first kappa shape index (κ1) is 16.1. The molecule has 0 unspecified atom stereocenters. The molecule has 0 radical (unpaired) electrons. The summed E-state index contributed by atoms with van der Waals surface area (Å²) in [5.74, 6) is 0.882. The van der Waals surface area contributed by atoms with E-state index >= 15 is 0 Å². The highest BCUT2D eigenvalue weighted by atomic mass is 79.9. The fourth-order valence-corrected chi connectivity index (χ4v) is 3.55. The SMILES string of the molecule is CCc1onc(C)c1[C@@H]1CCCN1C(=O)Nc1ccccc1Br. The summed E-state index contributed by atoms with van der Waals surface area (Å²) in [5, 5.41) is 7.07. The Labute approximate surface area is 144 Å². The highest BCUT2D eigenvalue weighted by Gasteiger charge is 2.34. The summed E-state index contributed by atoms with van der Waals surface area (Å²) < 4.78 is 6.28. The number of nitrogens with one attached hydrogen (secondary N) is 1. The van der Waals surface area contributed by atoms with Crippen molar-refractivity contribution in [3.63, 3.8) is 0 Å². The summed E-state index contributed by atoms with van der Waals surface area (Å²) in [4.78, 5) is 14.6. The highest BCUT2D eigenvalue weighted by molar-refractivity contribution is 9.10. The number of aryl methyl sites for hydroxylation is 2. The number of urea groups is 1. The van der Waals surface area contributed by atoms with Gasteiger partial charge in [-0.2, -0.15) is 0 Å². The van der Waals surface area contributed by atoms with E-state index in [1.54, 1.807) is 0 Å². The number of amides is 2. The van der Waals surface area contributed by atoms with E-state index in [2.05, 4.69) is 26.4 Å². The molecule has 1 aromatic heterocycles. The van der Waals surface area contributed by atoms with Crippen LogP contribution >= 0.6 is 15.9 Å². The van der Waals surface area contributed by atoms with Crippen molar-refractivity contribution in [1.29, 1.82) is 0 Å². The van der Waals surface area contributed by atoms with E-state index in [1.807, 2.05) is 43.0 Å². The van der Waals surface area contributed by atoms with Crippen LogP contribution in [0.15, 0.2) is 33.3 Å². The van der Waals surface area contributed by atoms with E-state index in [9.17, 15) is 4.79 Å². The van der Waals surface area contributed by atoms with Crippen molar-refractivity contribution in [2.24, 2.45) is 0 Å². The molecule has 6 heteroatoms. The van der Waals surface area contributed by atoms with Crippen molar-refractivity contribution >= 4 is 27.6 Å². The molecule has 1 N–H and O–H groups in total. The summed E-state index contributed by atoms with van der Waals surface area (Å²) in [6.07, 6.45) is 2.71. The Morgan fingerprint density at radius 3 is 3.00 bits per heavy atom. The molecule has 1 atom stereocenters. The first-order valence-corrected chi connectivity index (χ1v) is 8.68. The Bertz CT molecular complexity index is 714. The summed E-state index contributed by atoms with van der Waals surface area (Å²) >= 11 is 3.46. The molecule has 1 aliphatic heterocycles. The van der Waals surface area contributed by atoms with Crippen LogP contribution in [0.5, 0.6) is 0 Å². The van der Waals surface area contributed by atoms with Gasteiger partial charge in [-0.1, -0.05) is 24.2 Å². The number of carbonyl (C=O) groups excluding carboxylic acids is 1. The number of anilines is 1. The van der Waals surface area contributed by atoms with Crippen LogP contribution in [-0.2, 0) is 6.42 Å². The zero-order valence-corrected chi connectivity index (χ0v) is 14.9. The average molecular weight is 378 g/mol. The van der Waals surface area contributed by atoms with Gasteiger partial charge in [0.1, 0.15) is 5.76 Å². The first-order chi connectivity index (χ1) is 11.1. The Hall–Kier alpha value is -1.82. The van der Waals surface area contributed by atoms with Gasteiger partial charge in [0.05, 0.1) is 17.4 Å². The van der Waals surface area contributed by atoms with Gasteiger partial charge in [0.15, 0.2) is 0 Å². The quantitative estimate of drug-likeness (QED) is 0.844. The summed E-state index contributed by atoms with van der Waals surface area (Å²) in [6.45, 7) is 4.73. The van der Waals surface area contributed by atoms with Gasteiger partial charge in [0, 0.05) is 23.0 Å². The van der Waals surface area contributed by atoms with Gasteiger partial charge in [0.2, 0.25) is 0 Å². The molecule has 0 saturated carbocycles. The minimum atomic E-state index is -0.0814. The number of aromatic nitrogens is 1. The summed E-state index contributed by atoms with van der Waals surface area (Å²) in [7, 11) is 0. The zero-order chi connectivity index (χ0) is 16.4. The van der Waals surface area contributed by atoms with Crippen molar-refractivity contribution in [3.8, 4) is 0 Å². The number of likely N-dealkylation sites (tertiary alicyclic amines) is 1. The fraction of sp³-hybridized carbons (Fsp3) is 0.412. The first-order valence-electron chi connectivity index (χ1n) is 7.89. The number of hydrogen-bond donors (Lipinski definition) is 1. The molecule has 2 heterocycles. The standard InChI is InChI=1S/C17H20BrN3O2/c1-3-15-16(11(2)20-23-15)14-9-6-10-21(14)17(22)19-13-8-5-4-7-12(13)18/h4-5,7-8,14H,3,6,9-10H2,1-2H3,(H,19,22)/t14-/m0/s1. The lowest BCUT2D eigenvalue weighted by Gasteiger charge is -2.25. The largest absolute Gasteiger partial charge is 0.361 e. The molecule has 2 aromatic rings. The van der Waals surface area contributed by atoms with E-state index in [1.165, 1.54) is 0 Å². The molecule has 1 fully saturated rings. The minimum Gasteiger partial charge on any atom is -0.361 e. The van der Waals surface area contributed by atoms with E-state index in [0.29, 0.717) is 0 Å². The predicted molar refractivity (Wildman–Crippen MR) is 92.5 cm³/mol. The number of hydrogen-bond acceptors (Lipinski definition) is 3. The second-order valence-electron chi connectivity index (χ2n) is 5.72. The molecule has 2 amide bonds. The minimum absolute atomic E-state index is 0.0405. The van der Waals surface area contributed by atoms with Crippen LogP contribution in [0.1, 0.15) is 42.8 Å². The molecular formula is C17H20BrN3O2. The topological polar surface area (TPSA) is 58.4 Å². The van der Waals surface area contributed by atoms with Gasteiger partial charge in [-0.3, -0.25) is 0 Å². The number of para-hydroxylation sites is 1.